The van der Waals surface area contributed by atoms with Crippen molar-refractivity contribution in [3.05, 3.63) is 73.4 Å². The van der Waals surface area contributed by atoms with Gasteiger partial charge in [0.2, 0.25) is 5.91 Å². The first-order chi connectivity index (χ1) is 17.7. The molecule has 1 saturated heterocycles. The van der Waals surface area contributed by atoms with Crippen molar-refractivity contribution in [2.75, 3.05) is 44.6 Å². The van der Waals surface area contributed by atoms with E-state index in [2.05, 4.69) is 15.6 Å². The predicted molar refractivity (Wildman–Crippen MR) is 142 cm³/mol. The van der Waals surface area contributed by atoms with Crippen molar-refractivity contribution in [3.8, 4) is 0 Å². The second-order valence-electron chi connectivity index (χ2n) is 9.30. The molecule has 0 unspecified atom stereocenters. The third-order valence-corrected chi connectivity index (χ3v) is 7.54. The maximum absolute atomic E-state index is 14.9. The molecule has 8 nitrogen and oxygen atoms in total. The molecule has 0 aliphatic carbocycles. The van der Waals surface area contributed by atoms with Crippen molar-refractivity contribution < 1.29 is 14.0 Å². The lowest BCUT2D eigenvalue weighted by Gasteiger charge is -2.36. The van der Waals surface area contributed by atoms with Crippen molar-refractivity contribution in [2.45, 2.75) is 19.4 Å². The largest absolute Gasteiger partial charge is 0.374 e. The monoisotopic (exact) mass is 545 g/mol. The number of carbonyl (C=O) groups is 2. The van der Waals surface area contributed by atoms with E-state index in [-0.39, 0.29) is 41.2 Å². The molecule has 5 rings (SSSR count). The number of rotatable bonds is 4. The number of halogens is 3. The highest BCUT2D eigenvalue weighted by molar-refractivity contribution is 6.35. The molecule has 2 aromatic carbocycles. The fourth-order valence-electron chi connectivity index (χ4n) is 5.09. The van der Waals surface area contributed by atoms with Crippen LogP contribution in [-0.4, -0.2) is 65.9 Å². The van der Waals surface area contributed by atoms with Gasteiger partial charge in [-0.1, -0.05) is 23.2 Å². The molecule has 194 valence electrons. The summed E-state index contributed by atoms with van der Waals surface area (Å²) in [7, 11) is 0. The van der Waals surface area contributed by atoms with Gasteiger partial charge in [0.15, 0.2) is 0 Å². The molecule has 37 heavy (non-hydrogen) atoms. The van der Waals surface area contributed by atoms with E-state index >= 15 is 0 Å². The van der Waals surface area contributed by atoms with Crippen LogP contribution in [-0.2, 0) is 11.2 Å². The van der Waals surface area contributed by atoms with E-state index in [1.165, 1.54) is 6.07 Å². The Kier molecular flexibility index (Phi) is 7.11. The van der Waals surface area contributed by atoms with Crippen LogP contribution in [0.25, 0.3) is 10.8 Å². The molecular formula is C26H26Cl2FN5O3. The maximum atomic E-state index is 14.9. The normalized spacial score (nSPS) is 17.6. The molecule has 0 spiro atoms. The average molecular weight is 546 g/mol. The highest BCUT2D eigenvalue weighted by atomic mass is 35.5. The summed E-state index contributed by atoms with van der Waals surface area (Å²) in [6.07, 6.45) is 0.614. The molecule has 1 aromatic heterocycles. The summed E-state index contributed by atoms with van der Waals surface area (Å²) in [5.74, 6) is -1.17. The van der Waals surface area contributed by atoms with E-state index in [1.54, 1.807) is 21.9 Å². The van der Waals surface area contributed by atoms with Crippen molar-refractivity contribution in [1.29, 1.82) is 0 Å². The number of amides is 2. The third-order valence-electron chi connectivity index (χ3n) is 7.00. The number of carbonyl (C=O) groups excluding carboxylic acids is 2. The van der Waals surface area contributed by atoms with Crippen LogP contribution in [0, 0.1) is 5.82 Å². The van der Waals surface area contributed by atoms with Crippen LogP contribution in [0.15, 0.2) is 35.1 Å². The fraction of sp³-hybridized carbons (Fsp3) is 0.346. The predicted octanol–water partition coefficient (Wildman–Crippen LogP) is 3.58. The van der Waals surface area contributed by atoms with Crippen LogP contribution in [0.1, 0.15) is 34.6 Å². The van der Waals surface area contributed by atoms with Gasteiger partial charge in [0.05, 0.1) is 23.7 Å². The summed E-state index contributed by atoms with van der Waals surface area (Å²) in [5, 5.41) is 7.64. The van der Waals surface area contributed by atoms with Crippen LogP contribution in [0.2, 0.25) is 10.0 Å². The van der Waals surface area contributed by atoms with E-state index < -0.39 is 11.4 Å². The van der Waals surface area contributed by atoms with Crippen molar-refractivity contribution in [1.82, 2.24) is 20.1 Å². The Bertz CT molecular complexity index is 1450. The highest BCUT2D eigenvalue weighted by Gasteiger charge is 2.29. The molecule has 3 heterocycles. The summed E-state index contributed by atoms with van der Waals surface area (Å²) in [6, 6.07) is 7.38. The Balaban J connectivity index is 1.35. The number of hydrogen-bond acceptors (Lipinski definition) is 5. The van der Waals surface area contributed by atoms with Crippen LogP contribution in [0.4, 0.5) is 10.1 Å². The van der Waals surface area contributed by atoms with E-state index in [9.17, 15) is 18.8 Å². The zero-order valence-corrected chi connectivity index (χ0v) is 21.7. The van der Waals surface area contributed by atoms with Crippen LogP contribution >= 0.6 is 23.2 Å². The number of nitrogens with one attached hydrogen (secondary N) is 3. The minimum Gasteiger partial charge on any atom is -0.374 e. The summed E-state index contributed by atoms with van der Waals surface area (Å²) in [5.41, 5.74) is 1.55. The topological polar surface area (TPSA) is 97.5 Å². The van der Waals surface area contributed by atoms with Gasteiger partial charge in [-0.2, -0.15) is 0 Å². The molecule has 0 bridgehead atoms. The Labute approximate surface area is 222 Å². The van der Waals surface area contributed by atoms with E-state index in [0.717, 1.165) is 17.2 Å². The Morgan fingerprint density at radius 2 is 1.86 bits per heavy atom. The molecule has 3 N–H and O–H groups in total. The lowest BCUT2D eigenvalue weighted by atomic mass is 9.93. The SMILES string of the molecule is C[C@@H]1c2c(Cl)cc(Cl)cc2CCN1C(=O)CNc1cc2cc(C(=O)N3CCNCC3)[nH]c(=O)c2cc1F. The molecule has 11 heteroatoms. The summed E-state index contributed by atoms with van der Waals surface area (Å²) >= 11 is 12.5. The number of pyridine rings is 1. The molecule has 0 radical (unpaired) electrons. The molecule has 1 atom stereocenters. The smallest absolute Gasteiger partial charge is 0.270 e. The molecule has 3 aromatic rings. The van der Waals surface area contributed by atoms with Gasteiger partial charge in [-0.25, -0.2) is 4.39 Å². The van der Waals surface area contributed by atoms with Crippen molar-refractivity contribution in [3.63, 3.8) is 0 Å². The minimum atomic E-state index is -0.665. The lowest BCUT2D eigenvalue weighted by Crippen LogP contribution is -2.46. The Morgan fingerprint density at radius 3 is 2.62 bits per heavy atom. The van der Waals surface area contributed by atoms with Gasteiger partial charge in [0.25, 0.3) is 11.5 Å². The van der Waals surface area contributed by atoms with E-state index in [1.807, 2.05) is 13.0 Å². The molecular weight excluding hydrogens is 520 g/mol. The highest BCUT2D eigenvalue weighted by Crippen LogP contribution is 2.37. The van der Waals surface area contributed by atoms with Crippen LogP contribution < -0.4 is 16.2 Å². The molecule has 2 aliphatic heterocycles. The number of anilines is 1. The summed E-state index contributed by atoms with van der Waals surface area (Å²) < 4.78 is 14.9. The first kappa shape index (κ1) is 25.5. The van der Waals surface area contributed by atoms with Gasteiger partial charge in [0.1, 0.15) is 11.5 Å². The van der Waals surface area contributed by atoms with E-state index in [4.69, 9.17) is 23.2 Å². The number of aromatic amines is 1. The van der Waals surface area contributed by atoms with Gasteiger partial charge in [-0.3, -0.25) is 14.4 Å². The molecule has 2 aliphatic rings. The molecule has 2 amide bonds. The van der Waals surface area contributed by atoms with Gasteiger partial charge in [-0.05, 0) is 60.2 Å². The fourth-order valence-corrected chi connectivity index (χ4v) is 5.79. The van der Waals surface area contributed by atoms with Gasteiger partial charge < -0.3 is 25.4 Å². The average Bonchev–Trinajstić information content (AvgIpc) is 2.87. The second-order valence-corrected chi connectivity index (χ2v) is 10.1. The third kappa shape index (κ3) is 5.03. The molecule has 1 fully saturated rings. The number of piperazine rings is 1. The maximum Gasteiger partial charge on any atom is 0.270 e. The van der Waals surface area contributed by atoms with Gasteiger partial charge >= 0.3 is 0 Å². The number of nitrogens with zero attached hydrogens (tertiary/aromatic N) is 2. The quantitative estimate of drug-likeness (QED) is 0.465. The van der Waals surface area contributed by atoms with Crippen LogP contribution in [0.3, 0.4) is 0 Å². The Hall–Kier alpha value is -3.14. The summed E-state index contributed by atoms with van der Waals surface area (Å²) in [6.45, 7) is 4.66. The minimum absolute atomic E-state index is 0.0712. The Morgan fingerprint density at radius 1 is 1.11 bits per heavy atom. The zero-order chi connectivity index (χ0) is 26.3. The first-order valence-corrected chi connectivity index (χ1v) is 12.9. The number of benzene rings is 2. The number of H-pyrrole nitrogens is 1. The van der Waals surface area contributed by atoms with E-state index in [0.29, 0.717) is 54.6 Å². The first-order valence-electron chi connectivity index (χ1n) is 12.1. The van der Waals surface area contributed by atoms with Crippen molar-refractivity contribution >= 4 is 51.5 Å². The van der Waals surface area contributed by atoms with Crippen LogP contribution in [0.5, 0.6) is 0 Å². The number of fused-ring (bicyclic) bond motifs is 2. The van der Waals surface area contributed by atoms with Gasteiger partial charge in [-0.15, -0.1) is 0 Å². The standard InChI is InChI=1S/C26H26Cl2FN5O3/c1-14-24-15(8-17(27)11-19(24)28)2-5-34(14)23(35)13-31-21-9-16-10-22(26(37)33-6-3-30-4-7-33)32-25(36)18(16)12-20(21)29/h8-12,14,30-31H,2-7,13H2,1H3,(H,32,36)/t14-/m1/s1. The molecule has 0 saturated carbocycles. The summed E-state index contributed by atoms with van der Waals surface area (Å²) in [4.78, 5) is 44.5. The zero-order valence-electron chi connectivity index (χ0n) is 20.2. The lowest BCUT2D eigenvalue weighted by molar-refractivity contribution is -0.131. The van der Waals surface area contributed by atoms with Gasteiger partial charge in [0, 0.05) is 42.8 Å². The van der Waals surface area contributed by atoms with Crippen molar-refractivity contribution in [2.24, 2.45) is 0 Å². The number of hydrogen-bond donors (Lipinski definition) is 3. The second kappa shape index (κ2) is 10.3. The number of aromatic nitrogens is 1.